The lowest BCUT2D eigenvalue weighted by Crippen LogP contribution is -2.16. The second-order valence-corrected chi connectivity index (χ2v) is 33.6. The van der Waals surface area contributed by atoms with E-state index < -0.39 is 0 Å². The number of anilines is 6. The third-order valence-electron chi connectivity index (χ3n) is 25.5. The van der Waals surface area contributed by atoms with Gasteiger partial charge in [0.05, 0.1) is 11.4 Å². The Morgan fingerprint density at radius 2 is 0.672 bits per heavy atom. The van der Waals surface area contributed by atoms with E-state index in [-0.39, 0.29) is 10.8 Å². The summed E-state index contributed by atoms with van der Waals surface area (Å²) in [6.45, 7) is 9.45. The molecule has 4 aromatic heterocycles. The third kappa shape index (κ3) is 9.93. The molecule has 22 aromatic rings. The van der Waals surface area contributed by atoms with Crippen LogP contribution in [0.4, 0.5) is 34.1 Å². The molecule has 0 bridgehead atoms. The van der Waals surface area contributed by atoms with E-state index in [4.69, 9.17) is 13.3 Å². The number of fused-ring (bicyclic) bond motifs is 22. The highest BCUT2D eigenvalue weighted by Gasteiger charge is 2.38. The number of furan rings is 3. The van der Waals surface area contributed by atoms with Crippen molar-refractivity contribution in [3.8, 4) is 77.9 Å². The zero-order chi connectivity index (χ0) is 76.8. The van der Waals surface area contributed by atoms with Crippen molar-refractivity contribution in [3.05, 3.63) is 386 Å². The first-order valence-electron chi connectivity index (χ1n) is 40.1. The average Bonchev–Trinajstić information content (AvgIpc) is 1.72. The Hall–Kier alpha value is -14.3. The molecule has 0 spiro atoms. The van der Waals surface area contributed by atoms with E-state index in [0.717, 1.165) is 166 Å². The molecule has 116 heavy (non-hydrogen) atoms. The Kier molecular flexibility index (Phi) is 14.4. The Bertz CT molecular complexity index is 7920. The van der Waals surface area contributed by atoms with Crippen molar-refractivity contribution in [2.75, 3.05) is 9.80 Å². The van der Waals surface area contributed by atoms with Crippen LogP contribution in [0, 0.1) is 0 Å². The monoisotopic (exact) mass is 1500 g/mol. The van der Waals surface area contributed by atoms with Gasteiger partial charge in [0, 0.05) is 108 Å². The van der Waals surface area contributed by atoms with E-state index in [1.165, 1.54) is 75.8 Å². The van der Waals surface area contributed by atoms with E-state index in [1.54, 1.807) is 0 Å². The van der Waals surface area contributed by atoms with Crippen LogP contribution < -0.4 is 9.80 Å². The maximum Gasteiger partial charge on any atom is 0.143 e. The van der Waals surface area contributed by atoms with Gasteiger partial charge < -0.3 is 23.1 Å². The van der Waals surface area contributed by atoms with Crippen molar-refractivity contribution in [2.45, 2.75) is 38.5 Å². The van der Waals surface area contributed by atoms with Gasteiger partial charge in [-0.2, -0.15) is 0 Å². The molecular weight excluding hydrogens is 1430 g/mol. The molecule has 0 saturated carbocycles. The predicted molar refractivity (Wildman–Crippen MR) is 488 cm³/mol. The van der Waals surface area contributed by atoms with E-state index >= 15 is 0 Å². The molecule has 0 amide bonds. The summed E-state index contributed by atoms with van der Waals surface area (Å²) in [6.07, 6.45) is 0. The van der Waals surface area contributed by atoms with Gasteiger partial charge in [0.15, 0.2) is 0 Å². The summed E-state index contributed by atoms with van der Waals surface area (Å²) >= 11 is 1.87. The van der Waals surface area contributed by atoms with Gasteiger partial charge in [-0.3, -0.25) is 0 Å². The zero-order valence-electron chi connectivity index (χ0n) is 64.2. The van der Waals surface area contributed by atoms with E-state index in [2.05, 4.69) is 401 Å². The summed E-state index contributed by atoms with van der Waals surface area (Å²) < 4.78 is 23.3. The summed E-state index contributed by atoms with van der Waals surface area (Å²) in [5, 5.41) is 13.5. The van der Waals surface area contributed by atoms with E-state index in [9.17, 15) is 0 Å². The highest BCUT2D eigenvalue weighted by Crippen LogP contribution is 2.56. The second kappa shape index (κ2) is 25.1. The molecular formula is C110H72N2O3S. The van der Waals surface area contributed by atoms with Crippen LogP contribution in [0.25, 0.3) is 185 Å². The lowest BCUT2D eigenvalue weighted by molar-refractivity contribution is 0.660. The number of hydrogen-bond donors (Lipinski definition) is 0. The Morgan fingerprint density at radius 3 is 1.30 bits per heavy atom. The lowest BCUT2D eigenvalue weighted by atomic mass is 9.82. The largest absolute Gasteiger partial charge is 0.456 e. The van der Waals surface area contributed by atoms with Gasteiger partial charge in [-0.1, -0.05) is 264 Å². The molecule has 2 aliphatic carbocycles. The van der Waals surface area contributed by atoms with Crippen LogP contribution in [0.2, 0.25) is 0 Å². The van der Waals surface area contributed by atoms with Gasteiger partial charge >= 0.3 is 0 Å². The Labute approximate surface area is 674 Å². The fourth-order valence-electron chi connectivity index (χ4n) is 19.8. The molecule has 4 heterocycles. The minimum absolute atomic E-state index is 0.191. The molecule has 2 aliphatic rings. The van der Waals surface area contributed by atoms with Gasteiger partial charge in [0.2, 0.25) is 0 Å². The van der Waals surface area contributed by atoms with Gasteiger partial charge in [-0.05, 0) is 227 Å². The Balaban J connectivity index is 0.563. The molecule has 0 atom stereocenters. The second-order valence-electron chi connectivity index (χ2n) is 32.5. The van der Waals surface area contributed by atoms with Crippen LogP contribution >= 0.6 is 11.3 Å². The lowest BCUT2D eigenvalue weighted by Gasteiger charge is -2.30. The smallest absolute Gasteiger partial charge is 0.143 e. The number of hydrogen-bond acceptors (Lipinski definition) is 6. The Morgan fingerprint density at radius 1 is 0.233 bits per heavy atom. The number of benzene rings is 18. The van der Waals surface area contributed by atoms with Crippen molar-refractivity contribution in [1.82, 2.24) is 0 Å². The molecule has 0 aliphatic heterocycles. The van der Waals surface area contributed by atoms with Crippen LogP contribution in [-0.4, -0.2) is 0 Å². The van der Waals surface area contributed by atoms with E-state index in [1.807, 2.05) is 11.3 Å². The number of para-hydroxylation sites is 2. The molecule has 18 aromatic carbocycles. The molecule has 0 N–H and O–H groups in total. The van der Waals surface area contributed by atoms with Gasteiger partial charge in [0.25, 0.3) is 0 Å². The van der Waals surface area contributed by atoms with Crippen LogP contribution in [0.3, 0.4) is 0 Å². The van der Waals surface area contributed by atoms with E-state index in [0.29, 0.717) is 0 Å². The number of rotatable bonds is 11. The minimum Gasteiger partial charge on any atom is -0.456 e. The van der Waals surface area contributed by atoms with Crippen molar-refractivity contribution in [1.29, 1.82) is 0 Å². The molecule has 6 heteroatoms. The van der Waals surface area contributed by atoms with Crippen LogP contribution in [0.5, 0.6) is 0 Å². The molecule has 0 radical (unpaired) electrons. The maximum atomic E-state index is 7.08. The SMILES string of the molecule is CC1(C)c2ccccc2-c2ccc(N(c3ccc(-c4ccc5oc6cc(-c7ccc8c(ccc9c8oc8cccc(-c%10ccccc%10N(c%10ccc(-c%11cccc%12c%11sc%11ccccc%11%12)cc%10)c%10ccc%11c(c%10)C(C)(C)c%10ccccc%10-%11)c89)c7)ccc6c5c4)cc3)c3ccccc3-c3cccc4oc5c6ccccc6ccc5c34)cc21. The number of thiophene rings is 1. The highest BCUT2D eigenvalue weighted by molar-refractivity contribution is 7.26. The topological polar surface area (TPSA) is 45.9 Å². The van der Waals surface area contributed by atoms with Crippen molar-refractivity contribution >= 4 is 153 Å². The van der Waals surface area contributed by atoms with Crippen LogP contribution in [-0.2, 0) is 10.8 Å². The summed E-state index contributed by atoms with van der Waals surface area (Å²) in [7, 11) is 0. The van der Waals surface area contributed by atoms with Crippen LogP contribution in [0.15, 0.2) is 377 Å². The van der Waals surface area contributed by atoms with Crippen LogP contribution in [0.1, 0.15) is 49.9 Å². The molecule has 5 nitrogen and oxygen atoms in total. The molecule has 0 unspecified atom stereocenters. The minimum atomic E-state index is -0.193. The standard InChI is InChI=1S/C110H72N2O3S/c1-109(2)93-31-12-7-22-79(93)81-57-51-74(63-95(81)109)111(97-33-14-9-24-83(97)87-28-18-35-100-104(87)90-55-42-66-20-5-6-21-76(66)106(90)114-100)72-47-38-65(39-48-72)69-46-59-99-92(61-69)85-54-44-70(62-102(85)113-99)68-43-53-77-71(60-68)45-56-91-105-88(29-19-36-101(105)115-107(77)91)84-25-10-15-34-98(84)112(75-52-58-82-80-23-8-13-32-94(80)110(3,4)96(82)64-75)73-49-40-67(41-50-73)78-27-17-30-89-86-26-11-16-37-103(86)116-108(78)89/h5-64H,1-4H3. The molecule has 546 valence electrons. The first kappa shape index (κ1) is 66.3. The summed E-state index contributed by atoms with van der Waals surface area (Å²) in [5.74, 6) is 0. The predicted octanol–water partition coefficient (Wildman–Crippen LogP) is 31.9. The molecule has 0 fully saturated rings. The van der Waals surface area contributed by atoms with Crippen molar-refractivity contribution in [2.24, 2.45) is 0 Å². The van der Waals surface area contributed by atoms with Crippen molar-refractivity contribution in [3.63, 3.8) is 0 Å². The normalized spacial score (nSPS) is 13.3. The van der Waals surface area contributed by atoms with Gasteiger partial charge in [0.1, 0.15) is 33.5 Å². The maximum absolute atomic E-state index is 7.08. The molecule has 0 saturated heterocycles. The summed E-state index contributed by atoms with van der Waals surface area (Å²) in [4.78, 5) is 4.91. The third-order valence-corrected chi connectivity index (χ3v) is 26.7. The highest BCUT2D eigenvalue weighted by atomic mass is 32.1. The van der Waals surface area contributed by atoms with Gasteiger partial charge in [-0.15, -0.1) is 11.3 Å². The van der Waals surface area contributed by atoms with Crippen molar-refractivity contribution < 1.29 is 13.3 Å². The number of nitrogens with zero attached hydrogens (tertiary/aromatic N) is 2. The quantitative estimate of drug-likeness (QED) is 0.129. The molecule has 24 rings (SSSR count). The van der Waals surface area contributed by atoms with Gasteiger partial charge in [-0.25, -0.2) is 0 Å². The first-order chi connectivity index (χ1) is 57.0. The fourth-order valence-corrected chi connectivity index (χ4v) is 21.0. The summed E-state index contributed by atoms with van der Waals surface area (Å²) in [5.41, 5.74) is 33.1. The average molecular weight is 1500 g/mol. The zero-order valence-corrected chi connectivity index (χ0v) is 65.0. The fraction of sp³-hybridized carbons (Fsp3) is 0.0545. The first-order valence-corrected chi connectivity index (χ1v) is 40.9. The summed E-state index contributed by atoms with van der Waals surface area (Å²) in [6, 6.07) is 134.